The quantitative estimate of drug-likeness (QED) is 0.833. The molecule has 0 saturated heterocycles. The van der Waals surface area contributed by atoms with Gasteiger partial charge in [-0.05, 0) is 30.2 Å². The Morgan fingerprint density at radius 3 is 2.58 bits per heavy atom. The molecule has 24 heavy (non-hydrogen) atoms. The predicted octanol–water partition coefficient (Wildman–Crippen LogP) is 1.60. The van der Waals surface area contributed by atoms with Crippen molar-refractivity contribution in [1.82, 2.24) is 15.1 Å². The lowest BCUT2D eigenvalue weighted by Gasteiger charge is -2.10. The zero-order valence-corrected chi connectivity index (χ0v) is 14.0. The normalized spacial score (nSPS) is 10.3. The number of aryl methyl sites for hydroxylation is 1. The van der Waals surface area contributed by atoms with Crippen LogP contribution >= 0.6 is 0 Å². The van der Waals surface area contributed by atoms with Gasteiger partial charge < -0.3 is 14.8 Å². The largest absolute Gasteiger partial charge is 0.493 e. The van der Waals surface area contributed by atoms with Crippen LogP contribution in [0.2, 0.25) is 0 Å². The van der Waals surface area contributed by atoms with E-state index in [1.807, 2.05) is 13.0 Å². The molecule has 1 amide bonds. The minimum atomic E-state index is -0.338. The van der Waals surface area contributed by atoms with Crippen LogP contribution in [-0.2, 0) is 13.1 Å². The van der Waals surface area contributed by atoms with E-state index in [-0.39, 0.29) is 17.2 Å². The Morgan fingerprint density at radius 2 is 1.92 bits per heavy atom. The van der Waals surface area contributed by atoms with Gasteiger partial charge in [0.05, 0.1) is 14.2 Å². The molecule has 0 aliphatic rings. The number of carbonyl (C=O) groups excluding carboxylic acids is 1. The lowest BCUT2D eigenvalue weighted by Crippen LogP contribution is -2.29. The van der Waals surface area contributed by atoms with E-state index in [4.69, 9.17) is 9.47 Å². The van der Waals surface area contributed by atoms with Crippen molar-refractivity contribution >= 4 is 5.91 Å². The first-order valence-corrected chi connectivity index (χ1v) is 7.66. The zero-order chi connectivity index (χ0) is 17.5. The van der Waals surface area contributed by atoms with Gasteiger partial charge in [0, 0.05) is 19.2 Å². The van der Waals surface area contributed by atoms with Crippen molar-refractivity contribution in [2.75, 3.05) is 14.2 Å². The molecule has 1 aromatic carbocycles. The summed E-state index contributed by atoms with van der Waals surface area (Å²) >= 11 is 0. The number of methoxy groups -OCH3 is 2. The summed E-state index contributed by atoms with van der Waals surface area (Å²) in [6, 6.07) is 8.20. The number of amides is 1. The molecule has 0 unspecified atom stereocenters. The van der Waals surface area contributed by atoms with Gasteiger partial charge in [0.25, 0.3) is 11.5 Å². The van der Waals surface area contributed by atoms with Crippen molar-refractivity contribution in [2.24, 2.45) is 0 Å². The van der Waals surface area contributed by atoms with Crippen LogP contribution in [0.5, 0.6) is 11.5 Å². The highest BCUT2D eigenvalue weighted by Gasteiger charge is 2.10. The number of hydrogen-bond donors (Lipinski definition) is 1. The second kappa shape index (κ2) is 8.14. The van der Waals surface area contributed by atoms with E-state index in [2.05, 4.69) is 10.4 Å². The molecule has 0 atom stereocenters. The maximum Gasteiger partial charge on any atom is 0.271 e. The summed E-state index contributed by atoms with van der Waals surface area (Å²) < 4.78 is 11.7. The lowest BCUT2D eigenvalue weighted by molar-refractivity contribution is 0.0943. The molecule has 1 heterocycles. The van der Waals surface area contributed by atoms with Gasteiger partial charge >= 0.3 is 0 Å². The van der Waals surface area contributed by atoms with E-state index in [1.165, 1.54) is 16.8 Å². The van der Waals surface area contributed by atoms with Crippen molar-refractivity contribution < 1.29 is 14.3 Å². The molecule has 2 rings (SSSR count). The molecule has 2 aromatic rings. The Kier molecular flexibility index (Phi) is 5.95. The molecule has 1 N–H and O–H groups in total. The summed E-state index contributed by atoms with van der Waals surface area (Å²) in [5.74, 6) is 0.884. The van der Waals surface area contributed by atoms with E-state index < -0.39 is 0 Å². The van der Waals surface area contributed by atoms with Crippen LogP contribution in [0.1, 0.15) is 29.4 Å². The zero-order valence-electron chi connectivity index (χ0n) is 14.0. The van der Waals surface area contributed by atoms with Gasteiger partial charge in [-0.2, -0.15) is 5.10 Å². The standard InChI is InChI=1S/C17H21N3O4/c1-4-9-20-16(21)8-6-13(19-20)17(22)18-11-12-5-7-14(23-2)15(10-12)24-3/h5-8,10H,4,9,11H2,1-3H3,(H,18,22). The molecular weight excluding hydrogens is 310 g/mol. The molecule has 1 aromatic heterocycles. The number of nitrogens with one attached hydrogen (secondary N) is 1. The third kappa shape index (κ3) is 4.13. The van der Waals surface area contributed by atoms with E-state index >= 15 is 0 Å². The Labute approximate surface area is 140 Å². The molecule has 0 aliphatic carbocycles. The number of benzene rings is 1. The number of aromatic nitrogens is 2. The van der Waals surface area contributed by atoms with Gasteiger partial charge in [-0.1, -0.05) is 13.0 Å². The maximum atomic E-state index is 12.2. The second-order valence-electron chi connectivity index (χ2n) is 5.15. The maximum absolute atomic E-state index is 12.2. The highest BCUT2D eigenvalue weighted by molar-refractivity contribution is 5.91. The first-order valence-electron chi connectivity index (χ1n) is 7.66. The van der Waals surface area contributed by atoms with Gasteiger partial charge in [0.15, 0.2) is 11.5 Å². The minimum absolute atomic E-state index is 0.212. The molecular formula is C17H21N3O4. The SMILES string of the molecule is CCCn1nc(C(=O)NCc2ccc(OC)c(OC)c2)ccc1=O. The molecule has 0 aliphatic heterocycles. The smallest absolute Gasteiger partial charge is 0.271 e. The molecule has 0 spiro atoms. The Morgan fingerprint density at radius 1 is 1.17 bits per heavy atom. The van der Waals surface area contributed by atoms with E-state index in [0.29, 0.717) is 24.6 Å². The van der Waals surface area contributed by atoms with E-state index in [1.54, 1.807) is 26.4 Å². The van der Waals surface area contributed by atoms with Crippen LogP contribution in [-0.4, -0.2) is 29.9 Å². The number of rotatable bonds is 7. The van der Waals surface area contributed by atoms with E-state index in [9.17, 15) is 9.59 Å². The number of hydrogen-bond acceptors (Lipinski definition) is 5. The average molecular weight is 331 g/mol. The van der Waals surface area contributed by atoms with Crippen LogP contribution in [0.15, 0.2) is 35.1 Å². The first-order chi connectivity index (χ1) is 11.6. The number of ether oxygens (including phenoxy) is 2. The van der Waals surface area contributed by atoms with Crippen LogP contribution in [0.25, 0.3) is 0 Å². The summed E-state index contributed by atoms with van der Waals surface area (Å²) in [5, 5.41) is 6.86. The summed E-state index contributed by atoms with van der Waals surface area (Å²) in [6.07, 6.45) is 0.767. The van der Waals surface area contributed by atoms with Crippen molar-refractivity contribution in [3.63, 3.8) is 0 Å². The molecule has 0 bridgehead atoms. The van der Waals surface area contributed by atoms with Gasteiger partial charge in [0.1, 0.15) is 5.69 Å². The van der Waals surface area contributed by atoms with Crippen LogP contribution in [0, 0.1) is 0 Å². The number of carbonyl (C=O) groups is 1. The lowest BCUT2D eigenvalue weighted by atomic mass is 10.2. The Hall–Kier alpha value is -2.83. The molecule has 0 radical (unpaired) electrons. The van der Waals surface area contributed by atoms with Crippen LogP contribution in [0.3, 0.4) is 0 Å². The highest BCUT2D eigenvalue weighted by Crippen LogP contribution is 2.27. The van der Waals surface area contributed by atoms with Crippen molar-refractivity contribution in [3.05, 3.63) is 51.9 Å². The first kappa shape index (κ1) is 17.5. The Balaban J connectivity index is 2.08. The van der Waals surface area contributed by atoms with Gasteiger partial charge in [-0.15, -0.1) is 0 Å². The summed E-state index contributed by atoms with van der Waals surface area (Å²) in [7, 11) is 3.12. The summed E-state index contributed by atoms with van der Waals surface area (Å²) in [5.41, 5.74) is 0.861. The average Bonchev–Trinajstić information content (AvgIpc) is 2.61. The highest BCUT2D eigenvalue weighted by atomic mass is 16.5. The van der Waals surface area contributed by atoms with Crippen molar-refractivity contribution in [2.45, 2.75) is 26.4 Å². The molecule has 7 heteroatoms. The fourth-order valence-corrected chi connectivity index (χ4v) is 2.21. The minimum Gasteiger partial charge on any atom is -0.493 e. The predicted molar refractivity (Wildman–Crippen MR) is 89.5 cm³/mol. The fraction of sp³-hybridized carbons (Fsp3) is 0.353. The van der Waals surface area contributed by atoms with Crippen molar-refractivity contribution in [1.29, 1.82) is 0 Å². The monoisotopic (exact) mass is 331 g/mol. The molecule has 0 fully saturated rings. The number of nitrogens with zero attached hydrogens (tertiary/aromatic N) is 2. The van der Waals surface area contributed by atoms with Crippen molar-refractivity contribution in [3.8, 4) is 11.5 Å². The van der Waals surface area contributed by atoms with Crippen LogP contribution in [0.4, 0.5) is 0 Å². The second-order valence-corrected chi connectivity index (χ2v) is 5.15. The molecule has 128 valence electrons. The third-order valence-electron chi connectivity index (χ3n) is 3.44. The van der Waals surface area contributed by atoms with Gasteiger partial charge in [-0.25, -0.2) is 4.68 Å². The molecule has 7 nitrogen and oxygen atoms in total. The summed E-state index contributed by atoms with van der Waals surface area (Å²) in [6.45, 7) is 2.74. The third-order valence-corrected chi connectivity index (χ3v) is 3.44. The topological polar surface area (TPSA) is 82.5 Å². The fourth-order valence-electron chi connectivity index (χ4n) is 2.21. The van der Waals surface area contributed by atoms with Gasteiger partial charge in [-0.3, -0.25) is 9.59 Å². The van der Waals surface area contributed by atoms with Gasteiger partial charge in [0.2, 0.25) is 0 Å². The Bertz CT molecular complexity index is 771. The van der Waals surface area contributed by atoms with E-state index in [0.717, 1.165) is 12.0 Å². The van der Waals surface area contributed by atoms with Crippen LogP contribution < -0.4 is 20.3 Å². The summed E-state index contributed by atoms with van der Waals surface area (Å²) in [4.78, 5) is 23.9. The molecule has 0 saturated carbocycles.